The van der Waals surface area contributed by atoms with E-state index in [1.54, 1.807) is 0 Å². The van der Waals surface area contributed by atoms with Crippen molar-refractivity contribution in [1.82, 2.24) is 5.32 Å². The summed E-state index contributed by atoms with van der Waals surface area (Å²) in [5.41, 5.74) is 5.83. The molecule has 1 amide bonds. The Morgan fingerprint density at radius 2 is 2.41 bits per heavy atom. The molecule has 1 aliphatic rings. The molecule has 2 rings (SSSR count). The van der Waals surface area contributed by atoms with E-state index in [1.165, 1.54) is 30.4 Å². The van der Waals surface area contributed by atoms with E-state index in [1.807, 2.05) is 11.8 Å². The van der Waals surface area contributed by atoms with Gasteiger partial charge in [-0.2, -0.15) is 11.8 Å². The van der Waals surface area contributed by atoms with Gasteiger partial charge in [0.05, 0.1) is 5.69 Å². The number of benzene rings is 1. The summed E-state index contributed by atoms with van der Waals surface area (Å²) in [5.74, 6) is 0.487. The second-order valence-electron chi connectivity index (χ2n) is 4.08. The Labute approximate surface area is 104 Å². The van der Waals surface area contributed by atoms with Crippen molar-refractivity contribution >= 4 is 23.4 Å². The minimum atomic E-state index is -0.493. The first kappa shape index (κ1) is 12.2. The first-order valence-electron chi connectivity index (χ1n) is 5.61. The maximum absolute atomic E-state index is 12.9. The van der Waals surface area contributed by atoms with Crippen molar-refractivity contribution in [1.29, 1.82) is 0 Å². The molecule has 1 unspecified atom stereocenters. The Kier molecular flexibility index (Phi) is 3.89. The second kappa shape index (κ2) is 5.40. The van der Waals surface area contributed by atoms with Crippen LogP contribution in [-0.4, -0.2) is 23.5 Å². The number of rotatable bonds is 3. The molecule has 0 spiro atoms. The van der Waals surface area contributed by atoms with E-state index in [2.05, 4.69) is 5.32 Å². The first-order valence-corrected chi connectivity index (χ1v) is 6.66. The van der Waals surface area contributed by atoms with Crippen LogP contribution in [0.3, 0.4) is 0 Å². The van der Waals surface area contributed by atoms with Gasteiger partial charge in [-0.25, -0.2) is 4.39 Å². The van der Waals surface area contributed by atoms with Crippen LogP contribution in [0.15, 0.2) is 18.2 Å². The smallest absolute Gasteiger partial charge is 0.251 e. The van der Waals surface area contributed by atoms with Gasteiger partial charge in [-0.05, 0) is 36.8 Å². The van der Waals surface area contributed by atoms with Gasteiger partial charge in [0.1, 0.15) is 5.82 Å². The normalized spacial score (nSPS) is 19.2. The van der Waals surface area contributed by atoms with Gasteiger partial charge in [-0.1, -0.05) is 0 Å². The molecule has 0 aromatic heterocycles. The predicted molar refractivity (Wildman–Crippen MR) is 68.6 cm³/mol. The summed E-state index contributed by atoms with van der Waals surface area (Å²) in [4.78, 5) is 11.8. The van der Waals surface area contributed by atoms with Crippen LogP contribution in [0.4, 0.5) is 10.1 Å². The van der Waals surface area contributed by atoms with Crippen molar-refractivity contribution in [3.8, 4) is 0 Å². The maximum atomic E-state index is 12.9. The highest BCUT2D eigenvalue weighted by atomic mass is 32.2. The fraction of sp³-hybridized carbons (Fsp3) is 0.417. The number of thioether (sulfide) groups is 1. The minimum absolute atomic E-state index is 0.00731. The second-order valence-corrected chi connectivity index (χ2v) is 5.49. The zero-order chi connectivity index (χ0) is 12.3. The molecule has 0 radical (unpaired) electrons. The van der Waals surface area contributed by atoms with Crippen LogP contribution >= 0.6 is 11.8 Å². The Hall–Kier alpha value is -1.23. The molecule has 1 atom stereocenters. The summed E-state index contributed by atoms with van der Waals surface area (Å²) >= 11 is 1.89. The molecular formula is C12H15FN2OS. The lowest BCUT2D eigenvalue weighted by atomic mass is 10.2. The van der Waals surface area contributed by atoms with E-state index in [9.17, 15) is 9.18 Å². The molecule has 0 aliphatic carbocycles. The third-order valence-electron chi connectivity index (χ3n) is 2.77. The van der Waals surface area contributed by atoms with E-state index < -0.39 is 5.82 Å². The first-order chi connectivity index (χ1) is 8.16. The van der Waals surface area contributed by atoms with Crippen LogP contribution in [0.5, 0.6) is 0 Å². The highest BCUT2D eigenvalue weighted by Crippen LogP contribution is 2.25. The van der Waals surface area contributed by atoms with E-state index in [-0.39, 0.29) is 11.6 Å². The van der Waals surface area contributed by atoms with Crippen LogP contribution in [0.25, 0.3) is 0 Å². The molecule has 3 N–H and O–H groups in total. The maximum Gasteiger partial charge on any atom is 0.251 e. The SMILES string of the molecule is Nc1cc(C(=O)NCC2CCCS2)ccc1F. The van der Waals surface area contributed by atoms with Crippen molar-refractivity contribution in [3.63, 3.8) is 0 Å². The standard InChI is InChI=1S/C12H15FN2OS/c13-10-4-3-8(6-11(10)14)12(16)15-7-9-2-1-5-17-9/h3-4,6,9H,1-2,5,7,14H2,(H,15,16). The molecule has 1 aromatic rings. The van der Waals surface area contributed by atoms with E-state index >= 15 is 0 Å². The molecule has 1 fully saturated rings. The summed E-state index contributed by atoms with van der Waals surface area (Å²) in [5, 5.41) is 3.36. The van der Waals surface area contributed by atoms with E-state index in [4.69, 9.17) is 5.73 Å². The number of nitrogens with one attached hydrogen (secondary N) is 1. The molecular weight excluding hydrogens is 239 g/mol. The Balaban J connectivity index is 1.92. The third-order valence-corrected chi connectivity index (χ3v) is 4.17. The molecule has 17 heavy (non-hydrogen) atoms. The van der Waals surface area contributed by atoms with Gasteiger partial charge < -0.3 is 11.1 Å². The van der Waals surface area contributed by atoms with Crippen LogP contribution in [-0.2, 0) is 0 Å². The summed E-state index contributed by atoms with van der Waals surface area (Å²) in [7, 11) is 0. The highest BCUT2D eigenvalue weighted by molar-refractivity contribution is 8.00. The van der Waals surface area contributed by atoms with Crippen LogP contribution in [0.2, 0.25) is 0 Å². The average molecular weight is 254 g/mol. The summed E-state index contributed by atoms with van der Waals surface area (Å²) < 4.78 is 12.9. The largest absolute Gasteiger partial charge is 0.396 e. The molecule has 0 saturated carbocycles. The molecule has 0 bridgehead atoms. The topological polar surface area (TPSA) is 55.1 Å². The van der Waals surface area contributed by atoms with Gasteiger partial charge in [0.15, 0.2) is 0 Å². The number of carbonyl (C=O) groups is 1. The Morgan fingerprint density at radius 1 is 1.59 bits per heavy atom. The average Bonchev–Trinajstić information content (AvgIpc) is 2.82. The third kappa shape index (κ3) is 3.12. The summed E-state index contributed by atoms with van der Waals surface area (Å²) in [6.45, 7) is 0.667. The number of nitrogen functional groups attached to an aromatic ring is 1. The van der Waals surface area contributed by atoms with E-state index in [0.717, 1.165) is 6.42 Å². The van der Waals surface area contributed by atoms with Gasteiger partial charge >= 0.3 is 0 Å². The summed E-state index contributed by atoms with van der Waals surface area (Å²) in [6, 6.07) is 4.03. The molecule has 1 heterocycles. The van der Waals surface area contributed by atoms with Crippen LogP contribution < -0.4 is 11.1 Å². The quantitative estimate of drug-likeness (QED) is 0.812. The predicted octanol–water partition coefficient (Wildman–Crippen LogP) is 2.03. The van der Waals surface area contributed by atoms with E-state index in [0.29, 0.717) is 17.4 Å². The monoisotopic (exact) mass is 254 g/mol. The van der Waals surface area contributed by atoms with Crippen molar-refractivity contribution < 1.29 is 9.18 Å². The van der Waals surface area contributed by atoms with Gasteiger partial charge in [-0.15, -0.1) is 0 Å². The fourth-order valence-corrected chi connectivity index (χ4v) is 3.00. The van der Waals surface area contributed by atoms with Crippen molar-refractivity contribution in [3.05, 3.63) is 29.6 Å². The molecule has 1 saturated heterocycles. The van der Waals surface area contributed by atoms with Gasteiger partial charge in [-0.3, -0.25) is 4.79 Å². The number of nitrogens with two attached hydrogens (primary N) is 1. The van der Waals surface area contributed by atoms with Gasteiger partial charge in [0, 0.05) is 17.4 Å². The number of carbonyl (C=O) groups excluding carboxylic acids is 1. The fourth-order valence-electron chi connectivity index (χ4n) is 1.80. The lowest BCUT2D eigenvalue weighted by Crippen LogP contribution is -2.29. The Morgan fingerprint density at radius 3 is 3.06 bits per heavy atom. The lowest BCUT2D eigenvalue weighted by molar-refractivity contribution is 0.0953. The molecule has 1 aromatic carbocycles. The lowest BCUT2D eigenvalue weighted by Gasteiger charge is -2.10. The van der Waals surface area contributed by atoms with Crippen LogP contribution in [0, 0.1) is 5.82 Å². The minimum Gasteiger partial charge on any atom is -0.396 e. The van der Waals surface area contributed by atoms with Crippen molar-refractivity contribution in [2.24, 2.45) is 0 Å². The molecule has 92 valence electrons. The molecule has 3 nitrogen and oxygen atoms in total. The van der Waals surface area contributed by atoms with Crippen molar-refractivity contribution in [2.75, 3.05) is 18.0 Å². The number of hydrogen-bond acceptors (Lipinski definition) is 3. The van der Waals surface area contributed by atoms with Crippen LogP contribution in [0.1, 0.15) is 23.2 Å². The van der Waals surface area contributed by atoms with Crippen molar-refractivity contribution in [2.45, 2.75) is 18.1 Å². The number of anilines is 1. The van der Waals surface area contributed by atoms with Gasteiger partial charge in [0.2, 0.25) is 0 Å². The molecule has 5 heteroatoms. The zero-order valence-electron chi connectivity index (χ0n) is 9.41. The Bertz CT molecular complexity index is 419. The summed E-state index contributed by atoms with van der Waals surface area (Å²) in [6.07, 6.45) is 2.37. The van der Waals surface area contributed by atoms with Gasteiger partial charge in [0.25, 0.3) is 5.91 Å². The zero-order valence-corrected chi connectivity index (χ0v) is 10.2. The highest BCUT2D eigenvalue weighted by Gasteiger charge is 2.16. The number of amides is 1. The number of hydrogen-bond donors (Lipinski definition) is 2. The molecule has 1 aliphatic heterocycles. The number of halogens is 1.